The highest BCUT2D eigenvalue weighted by Gasteiger charge is 2.22. The highest BCUT2D eigenvalue weighted by atomic mass is 19.1. The SMILES string of the molecule is Cc1nn(C(C)C(=O)Nc2cnn(Cc3cccc(F)c3)c2)cc1[N+](=O)[O-]. The first-order chi connectivity index (χ1) is 12.8. The molecule has 0 aliphatic rings. The minimum atomic E-state index is -0.746. The van der Waals surface area contributed by atoms with Gasteiger partial charge in [0.25, 0.3) is 0 Å². The molecule has 0 fully saturated rings. The van der Waals surface area contributed by atoms with Gasteiger partial charge in [0.05, 0.1) is 23.4 Å². The number of nitrogens with one attached hydrogen (secondary N) is 1. The summed E-state index contributed by atoms with van der Waals surface area (Å²) in [6.45, 7) is 3.45. The van der Waals surface area contributed by atoms with Gasteiger partial charge in [-0.2, -0.15) is 10.2 Å². The lowest BCUT2D eigenvalue weighted by Gasteiger charge is -2.11. The molecule has 1 amide bonds. The predicted molar refractivity (Wildman–Crippen MR) is 94.7 cm³/mol. The number of hydrogen-bond donors (Lipinski definition) is 1. The van der Waals surface area contributed by atoms with Gasteiger partial charge in [0, 0.05) is 6.20 Å². The summed E-state index contributed by atoms with van der Waals surface area (Å²) >= 11 is 0. The molecule has 9 nitrogen and oxygen atoms in total. The number of carbonyl (C=O) groups is 1. The van der Waals surface area contributed by atoms with Gasteiger partial charge in [-0.1, -0.05) is 12.1 Å². The molecule has 3 rings (SSSR count). The van der Waals surface area contributed by atoms with Crippen LogP contribution in [0.2, 0.25) is 0 Å². The molecule has 0 radical (unpaired) electrons. The number of aromatic nitrogens is 4. The van der Waals surface area contributed by atoms with E-state index >= 15 is 0 Å². The van der Waals surface area contributed by atoms with Crippen molar-refractivity contribution >= 4 is 17.3 Å². The van der Waals surface area contributed by atoms with Crippen LogP contribution in [-0.2, 0) is 11.3 Å². The molecule has 0 bridgehead atoms. The predicted octanol–water partition coefficient (Wildman–Crippen LogP) is 2.68. The maximum atomic E-state index is 13.2. The number of nitrogens with zero attached hydrogens (tertiary/aromatic N) is 5. The fraction of sp³-hybridized carbons (Fsp3) is 0.235. The Morgan fingerprint density at radius 1 is 1.41 bits per heavy atom. The maximum Gasteiger partial charge on any atom is 0.309 e. The molecular formula is C17H17FN6O3. The van der Waals surface area contributed by atoms with Gasteiger partial charge in [0.2, 0.25) is 5.91 Å². The third-order valence-corrected chi connectivity index (χ3v) is 4.00. The lowest BCUT2D eigenvalue weighted by molar-refractivity contribution is -0.385. The topological polar surface area (TPSA) is 108 Å². The van der Waals surface area contributed by atoms with Crippen molar-refractivity contribution in [3.8, 4) is 0 Å². The van der Waals surface area contributed by atoms with Gasteiger partial charge in [-0.3, -0.25) is 24.3 Å². The Hall–Kier alpha value is -3.56. The van der Waals surface area contributed by atoms with Crippen molar-refractivity contribution < 1.29 is 14.1 Å². The zero-order valence-corrected chi connectivity index (χ0v) is 14.7. The average molecular weight is 372 g/mol. The second-order valence-corrected chi connectivity index (χ2v) is 6.06. The van der Waals surface area contributed by atoms with Crippen LogP contribution in [0.15, 0.2) is 42.9 Å². The third-order valence-electron chi connectivity index (χ3n) is 4.00. The summed E-state index contributed by atoms with van der Waals surface area (Å²) in [5.41, 5.74) is 1.30. The van der Waals surface area contributed by atoms with Crippen LogP contribution in [0.5, 0.6) is 0 Å². The summed E-state index contributed by atoms with van der Waals surface area (Å²) < 4.78 is 16.1. The lowest BCUT2D eigenvalue weighted by atomic mass is 10.2. The minimum Gasteiger partial charge on any atom is -0.322 e. The number of nitro groups is 1. The number of rotatable bonds is 6. The number of amides is 1. The Labute approximate surface area is 153 Å². The van der Waals surface area contributed by atoms with Crippen molar-refractivity contribution in [2.24, 2.45) is 0 Å². The largest absolute Gasteiger partial charge is 0.322 e. The first kappa shape index (κ1) is 18.2. The van der Waals surface area contributed by atoms with E-state index in [1.807, 2.05) is 0 Å². The van der Waals surface area contributed by atoms with Gasteiger partial charge in [-0.05, 0) is 31.5 Å². The van der Waals surface area contributed by atoms with E-state index in [0.29, 0.717) is 12.2 Å². The van der Waals surface area contributed by atoms with Crippen LogP contribution in [0.1, 0.15) is 24.2 Å². The Kier molecular flexibility index (Phi) is 4.97. The molecule has 2 aromatic heterocycles. The zero-order chi connectivity index (χ0) is 19.6. The van der Waals surface area contributed by atoms with Crippen molar-refractivity contribution in [1.82, 2.24) is 19.6 Å². The number of hydrogen-bond acceptors (Lipinski definition) is 5. The molecule has 0 saturated heterocycles. The molecule has 3 aromatic rings. The second-order valence-electron chi connectivity index (χ2n) is 6.06. The van der Waals surface area contributed by atoms with Crippen LogP contribution in [0.3, 0.4) is 0 Å². The first-order valence-corrected chi connectivity index (χ1v) is 8.11. The summed E-state index contributed by atoms with van der Waals surface area (Å²) in [6.07, 6.45) is 4.32. The number of halogens is 1. The van der Waals surface area contributed by atoms with Crippen LogP contribution in [0.4, 0.5) is 15.8 Å². The summed E-state index contributed by atoms with van der Waals surface area (Å²) in [6, 6.07) is 5.42. The van der Waals surface area contributed by atoms with E-state index in [0.717, 1.165) is 5.56 Å². The van der Waals surface area contributed by atoms with Crippen molar-refractivity contribution in [3.05, 3.63) is 70.0 Å². The smallest absolute Gasteiger partial charge is 0.309 e. The summed E-state index contributed by atoms with van der Waals surface area (Å²) in [5.74, 6) is -0.719. The molecule has 0 saturated carbocycles. The van der Waals surface area contributed by atoms with Gasteiger partial charge in [-0.15, -0.1) is 0 Å². The molecule has 1 atom stereocenters. The summed E-state index contributed by atoms with van der Waals surface area (Å²) in [5, 5.41) is 21.8. The van der Waals surface area contributed by atoms with Crippen LogP contribution in [0.25, 0.3) is 0 Å². The molecule has 2 heterocycles. The van der Waals surface area contributed by atoms with Gasteiger partial charge in [0.1, 0.15) is 23.7 Å². The van der Waals surface area contributed by atoms with Crippen LogP contribution >= 0.6 is 0 Å². The molecule has 0 aliphatic heterocycles. The van der Waals surface area contributed by atoms with Gasteiger partial charge in [-0.25, -0.2) is 4.39 Å². The quantitative estimate of drug-likeness (QED) is 0.529. The Bertz CT molecular complexity index is 996. The molecule has 1 N–H and O–H groups in total. The normalized spacial score (nSPS) is 12.0. The Morgan fingerprint density at radius 2 is 2.19 bits per heavy atom. The van der Waals surface area contributed by atoms with E-state index < -0.39 is 16.9 Å². The molecule has 1 unspecified atom stereocenters. The molecule has 1 aromatic carbocycles. The van der Waals surface area contributed by atoms with Gasteiger partial charge in [0.15, 0.2) is 0 Å². The van der Waals surface area contributed by atoms with Crippen molar-refractivity contribution in [2.45, 2.75) is 26.4 Å². The second kappa shape index (κ2) is 7.36. The molecule has 27 heavy (non-hydrogen) atoms. The van der Waals surface area contributed by atoms with Gasteiger partial charge >= 0.3 is 5.69 Å². The van der Waals surface area contributed by atoms with Crippen LogP contribution in [-0.4, -0.2) is 30.4 Å². The summed E-state index contributed by atoms with van der Waals surface area (Å²) in [4.78, 5) is 22.8. The average Bonchev–Trinajstić information content (AvgIpc) is 3.20. The van der Waals surface area contributed by atoms with Crippen LogP contribution in [0, 0.1) is 22.9 Å². The highest BCUT2D eigenvalue weighted by molar-refractivity contribution is 5.93. The third kappa shape index (κ3) is 4.17. The van der Waals surface area contributed by atoms with E-state index in [4.69, 9.17) is 0 Å². The Balaban J connectivity index is 1.66. The molecular weight excluding hydrogens is 355 g/mol. The number of carbonyl (C=O) groups excluding carboxylic acids is 1. The number of anilines is 1. The highest BCUT2D eigenvalue weighted by Crippen LogP contribution is 2.19. The fourth-order valence-electron chi connectivity index (χ4n) is 2.55. The number of aryl methyl sites for hydroxylation is 1. The maximum absolute atomic E-state index is 13.2. The molecule has 140 valence electrons. The van der Waals surface area contributed by atoms with E-state index in [2.05, 4.69) is 15.5 Å². The zero-order valence-electron chi connectivity index (χ0n) is 14.7. The van der Waals surface area contributed by atoms with Crippen molar-refractivity contribution in [3.63, 3.8) is 0 Å². The first-order valence-electron chi connectivity index (χ1n) is 8.11. The standard InChI is InChI=1S/C17H17FN6O3/c1-11-16(24(26)27)10-23(21-11)12(2)17(25)20-15-7-19-22(9-15)8-13-4-3-5-14(18)6-13/h3-7,9-10,12H,8H2,1-2H3,(H,20,25). The number of benzene rings is 1. The molecule has 0 spiro atoms. The van der Waals surface area contributed by atoms with Gasteiger partial charge < -0.3 is 5.32 Å². The fourth-order valence-corrected chi connectivity index (χ4v) is 2.55. The monoisotopic (exact) mass is 372 g/mol. The van der Waals surface area contributed by atoms with E-state index in [9.17, 15) is 19.3 Å². The van der Waals surface area contributed by atoms with E-state index in [1.165, 1.54) is 36.1 Å². The van der Waals surface area contributed by atoms with Crippen molar-refractivity contribution in [1.29, 1.82) is 0 Å². The minimum absolute atomic E-state index is 0.141. The van der Waals surface area contributed by atoms with E-state index in [-0.39, 0.29) is 17.2 Å². The van der Waals surface area contributed by atoms with Crippen LogP contribution < -0.4 is 5.32 Å². The Morgan fingerprint density at radius 3 is 2.85 bits per heavy atom. The molecule has 10 heteroatoms. The van der Waals surface area contributed by atoms with Crippen molar-refractivity contribution in [2.75, 3.05) is 5.32 Å². The van der Waals surface area contributed by atoms with E-state index in [1.54, 1.807) is 29.9 Å². The molecule has 0 aliphatic carbocycles. The summed E-state index contributed by atoms with van der Waals surface area (Å²) in [7, 11) is 0. The lowest BCUT2D eigenvalue weighted by Crippen LogP contribution is -2.24.